The summed E-state index contributed by atoms with van der Waals surface area (Å²) in [4.78, 5) is 20.0. The van der Waals surface area contributed by atoms with Crippen LogP contribution in [0.1, 0.15) is 47.3 Å². The van der Waals surface area contributed by atoms with Gasteiger partial charge < -0.3 is 9.64 Å². The van der Waals surface area contributed by atoms with Gasteiger partial charge in [-0.05, 0) is 60.4 Å². The number of thiophene rings is 1. The molecule has 1 aliphatic rings. The first-order valence-corrected chi connectivity index (χ1v) is 13.1. The largest absolute Gasteiger partial charge is 0.496 e. The zero-order valence-electron chi connectivity index (χ0n) is 19.8. The topological polar surface area (TPSA) is 42.4 Å². The maximum Gasteiger partial charge on any atom is 0.266 e. The van der Waals surface area contributed by atoms with Crippen LogP contribution >= 0.6 is 22.9 Å². The monoisotopic (exact) mass is 526 g/mol. The van der Waals surface area contributed by atoms with E-state index >= 15 is 0 Å². The molecule has 1 saturated carbocycles. The molecule has 2 aromatic carbocycles. The SMILES string of the molecule is COc1ccc(-c2ccncc2)cc1CN(C(=O)c1sc2c(F)ccc(F)c2c1Cl)C1CCCCC1. The van der Waals surface area contributed by atoms with Gasteiger partial charge in [-0.1, -0.05) is 36.9 Å². The number of hydrogen-bond donors (Lipinski definition) is 0. The van der Waals surface area contributed by atoms with Crippen molar-refractivity contribution in [3.05, 3.63) is 82.0 Å². The van der Waals surface area contributed by atoms with Crippen LogP contribution in [0.15, 0.2) is 54.9 Å². The molecular weight excluding hydrogens is 502 g/mol. The van der Waals surface area contributed by atoms with Gasteiger partial charge in [-0.2, -0.15) is 0 Å². The number of halogens is 3. The highest BCUT2D eigenvalue weighted by Crippen LogP contribution is 2.40. The molecular formula is C28H25ClF2N2O2S. The zero-order chi connectivity index (χ0) is 25.2. The number of hydrogen-bond acceptors (Lipinski definition) is 4. The summed E-state index contributed by atoms with van der Waals surface area (Å²) in [5, 5.41) is -0.0683. The molecule has 0 atom stereocenters. The summed E-state index contributed by atoms with van der Waals surface area (Å²) in [7, 11) is 1.60. The number of amides is 1. The summed E-state index contributed by atoms with van der Waals surface area (Å²) >= 11 is 7.41. The maximum absolute atomic E-state index is 14.5. The third-order valence-corrected chi connectivity index (χ3v) is 8.46. The lowest BCUT2D eigenvalue weighted by molar-refractivity contribution is 0.0618. The van der Waals surface area contributed by atoms with E-state index in [-0.39, 0.29) is 31.9 Å². The molecule has 0 unspecified atom stereocenters. The highest BCUT2D eigenvalue weighted by molar-refractivity contribution is 7.21. The quantitative estimate of drug-likeness (QED) is 0.256. The number of fused-ring (bicyclic) bond motifs is 1. The van der Waals surface area contributed by atoms with Gasteiger partial charge in [-0.15, -0.1) is 11.3 Å². The van der Waals surface area contributed by atoms with Crippen molar-refractivity contribution in [2.45, 2.75) is 44.7 Å². The van der Waals surface area contributed by atoms with Crippen molar-refractivity contribution in [3.63, 3.8) is 0 Å². The molecule has 4 nitrogen and oxygen atoms in total. The van der Waals surface area contributed by atoms with E-state index in [1.54, 1.807) is 24.4 Å². The second-order valence-corrected chi connectivity index (χ2v) is 10.4. The average Bonchev–Trinajstić information content (AvgIpc) is 3.28. The van der Waals surface area contributed by atoms with Crippen LogP contribution in [0.2, 0.25) is 5.02 Å². The molecule has 2 heterocycles. The normalized spacial score (nSPS) is 14.2. The molecule has 2 aromatic heterocycles. The number of aromatic nitrogens is 1. The van der Waals surface area contributed by atoms with Crippen molar-refractivity contribution in [2.75, 3.05) is 7.11 Å². The van der Waals surface area contributed by atoms with Gasteiger partial charge in [0.1, 0.15) is 22.3 Å². The predicted molar refractivity (Wildman–Crippen MR) is 140 cm³/mol. The van der Waals surface area contributed by atoms with Gasteiger partial charge in [0.05, 0.1) is 22.2 Å². The van der Waals surface area contributed by atoms with E-state index in [0.717, 1.165) is 72.3 Å². The van der Waals surface area contributed by atoms with E-state index in [1.165, 1.54) is 0 Å². The Labute approximate surface area is 217 Å². The Balaban J connectivity index is 1.57. The maximum atomic E-state index is 14.5. The molecule has 36 heavy (non-hydrogen) atoms. The molecule has 5 rings (SSSR count). The van der Waals surface area contributed by atoms with Crippen molar-refractivity contribution in [1.82, 2.24) is 9.88 Å². The lowest BCUT2D eigenvalue weighted by Gasteiger charge is -2.34. The average molecular weight is 527 g/mol. The number of carbonyl (C=O) groups is 1. The Bertz CT molecular complexity index is 1400. The fourth-order valence-corrected chi connectivity index (χ4v) is 6.44. The van der Waals surface area contributed by atoms with Crippen LogP contribution in [0.25, 0.3) is 21.2 Å². The fraction of sp³-hybridized carbons (Fsp3) is 0.286. The molecule has 1 fully saturated rings. The Hall–Kier alpha value is -3.03. The lowest BCUT2D eigenvalue weighted by Crippen LogP contribution is -2.40. The van der Waals surface area contributed by atoms with Crippen molar-refractivity contribution in [3.8, 4) is 16.9 Å². The van der Waals surface area contributed by atoms with Gasteiger partial charge >= 0.3 is 0 Å². The smallest absolute Gasteiger partial charge is 0.266 e. The van der Waals surface area contributed by atoms with Crippen molar-refractivity contribution < 1.29 is 18.3 Å². The van der Waals surface area contributed by atoms with Crippen LogP contribution in [0.3, 0.4) is 0 Å². The first-order valence-electron chi connectivity index (χ1n) is 11.9. The lowest BCUT2D eigenvalue weighted by atomic mass is 9.93. The highest BCUT2D eigenvalue weighted by Gasteiger charge is 2.31. The number of carbonyl (C=O) groups excluding carboxylic acids is 1. The van der Waals surface area contributed by atoms with E-state index in [0.29, 0.717) is 12.3 Å². The highest BCUT2D eigenvalue weighted by atomic mass is 35.5. The molecule has 8 heteroatoms. The molecule has 1 aliphatic carbocycles. The summed E-state index contributed by atoms with van der Waals surface area (Å²) in [5.74, 6) is -0.875. The van der Waals surface area contributed by atoms with Crippen LogP contribution in [0.5, 0.6) is 5.75 Å². The van der Waals surface area contributed by atoms with Crippen LogP contribution < -0.4 is 4.74 Å². The molecule has 0 aliphatic heterocycles. The summed E-state index contributed by atoms with van der Waals surface area (Å²) in [5.41, 5.74) is 2.83. The molecule has 0 saturated heterocycles. The second kappa shape index (κ2) is 10.5. The van der Waals surface area contributed by atoms with Gasteiger partial charge in [0.2, 0.25) is 0 Å². The van der Waals surface area contributed by atoms with Crippen molar-refractivity contribution >= 4 is 38.9 Å². The predicted octanol–water partition coefficient (Wildman–Crippen LogP) is 7.88. The number of benzene rings is 2. The zero-order valence-corrected chi connectivity index (χ0v) is 21.3. The first-order chi connectivity index (χ1) is 17.5. The van der Waals surface area contributed by atoms with E-state index in [1.807, 2.05) is 30.3 Å². The van der Waals surface area contributed by atoms with Crippen molar-refractivity contribution in [1.29, 1.82) is 0 Å². The van der Waals surface area contributed by atoms with Crippen molar-refractivity contribution in [2.24, 2.45) is 0 Å². The molecule has 0 radical (unpaired) electrons. The third-order valence-electron chi connectivity index (χ3n) is 6.79. The van der Waals surface area contributed by atoms with Gasteiger partial charge in [0, 0.05) is 30.5 Å². The van der Waals surface area contributed by atoms with Crippen LogP contribution in [-0.2, 0) is 6.54 Å². The molecule has 0 bridgehead atoms. The number of pyridine rings is 1. The molecule has 4 aromatic rings. The van der Waals surface area contributed by atoms with Gasteiger partial charge in [0.25, 0.3) is 5.91 Å². The minimum Gasteiger partial charge on any atom is -0.496 e. The summed E-state index contributed by atoms with van der Waals surface area (Å²) in [6.07, 6.45) is 8.36. The van der Waals surface area contributed by atoms with E-state index < -0.39 is 11.6 Å². The van der Waals surface area contributed by atoms with Gasteiger partial charge in [0.15, 0.2) is 0 Å². The standard InChI is InChI=1S/C28H25ClF2N2O2S/c1-35-23-10-7-18(17-11-13-32-14-12-17)15-19(23)16-33(20-5-3-2-4-6-20)28(34)27-25(29)24-21(30)8-9-22(31)26(24)36-27/h7-15,20H,2-6,16H2,1H3. The minimum atomic E-state index is -0.636. The van der Waals surface area contributed by atoms with E-state index in [9.17, 15) is 13.6 Å². The van der Waals surface area contributed by atoms with E-state index in [4.69, 9.17) is 16.3 Å². The van der Waals surface area contributed by atoms with Crippen LogP contribution in [0.4, 0.5) is 8.78 Å². The Morgan fingerprint density at radius 1 is 1.06 bits per heavy atom. The molecule has 186 valence electrons. The number of methoxy groups -OCH3 is 1. The summed E-state index contributed by atoms with van der Waals surface area (Å²) in [6.45, 7) is 0.293. The third kappa shape index (κ3) is 4.70. The first kappa shape index (κ1) is 24.7. The molecule has 0 spiro atoms. The molecule has 0 N–H and O–H groups in total. The van der Waals surface area contributed by atoms with Crippen LogP contribution in [-0.4, -0.2) is 28.9 Å². The van der Waals surface area contributed by atoms with Gasteiger partial charge in [-0.3, -0.25) is 9.78 Å². The fourth-order valence-electron chi connectivity index (χ4n) is 4.93. The molecule has 1 amide bonds. The Morgan fingerprint density at radius 2 is 1.78 bits per heavy atom. The Kier molecular flexibility index (Phi) is 7.21. The number of nitrogens with zero attached hydrogens (tertiary/aromatic N) is 2. The second-order valence-electron chi connectivity index (χ2n) is 8.97. The van der Waals surface area contributed by atoms with Gasteiger partial charge in [-0.25, -0.2) is 8.78 Å². The van der Waals surface area contributed by atoms with E-state index in [2.05, 4.69) is 4.98 Å². The summed E-state index contributed by atoms with van der Waals surface area (Å²) in [6, 6.07) is 11.8. The Morgan fingerprint density at radius 3 is 2.47 bits per heavy atom. The van der Waals surface area contributed by atoms with Crippen LogP contribution in [0, 0.1) is 11.6 Å². The summed E-state index contributed by atoms with van der Waals surface area (Å²) < 4.78 is 34.7. The number of ether oxygens (including phenoxy) is 1. The number of rotatable bonds is 6. The minimum absolute atomic E-state index is 0.00323.